The minimum atomic E-state index is -0.722. The van der Waals surface area contributed by atoms with Gasteiger partial charge in [-0.05, 0) is 68.9 Å². The van der Waals surface area contributed by atoms with Gasteiger partial charge in [-0.1, -0.05) is 67.6 Å². The predicted molar refractivity (Wildman–Crippen MR) is 184 cm³/mol. The Bertz CT molecular complexity index is 1780. The van der Waals surface area contributed by atoms with Gasteiger partial charge in [-0.2, -0.15) is 0 Å². The number of rotatable bonds is 16. The van der Waals surface area contributed by atoms with Crippen LogP contribution in [-0.4, -0.2) is 80.8 Å². The molecule has 7 nitrogen and oxygen atoms in total. The highest BCUT2D eigenvalue weighted by atomic mass is 16.5. The number of ether oxygens (including phenoxy) is 3. The van der Waals surface area contributed by atoms with Gasteiger partial charge in [0.1, 0.15) is 0 Å². The standard InChI is InChI=1S/C39H44N2O5/c1-6-39(40(2)3,25-28-13-9-7-10-14-28)38(43)31-18-20-36-34(24-31)33-23-30(37(42)29-15-11-8-12-16-29)17-19-35(33)41(36)26-32(27-45-5)46-22-21-44-4/h7-20,23-24,32H,6,21-22,25-27H2,1-5H3. The molecular formula is C39H44N2O5. The molecule has 0 spiro atoms. The molecule has 1 aromatic heterocycles. The van der Waals surface area contributed by atoms with Gasteiger partial charge in [0.2, 0.25) is 0 Å². The van der Waals surface area contributed by atoms with E-state index in [1.54, 1.807) is 14.2 Å². The van der Waals surface area contributed by atoms with Crippen LogP contribution in [0.1, 0.15) is 45.2 Å². The summed E-state index contributed by atoms with van der Waals surface area (Å²) in [5.41, 5.74) is 4.18. The van der Waals surface area contributed by atoms with E-state index in [9.17, 15) is 9.59 Å². The predicted octanol–water partition coefficient (Wildman–Crippen LogP) is 6.84. The van der Waals surface area contributed by atoms with Gasteiger partial charge in [0.25, 0.3) is 0 Å². The summed E-state index contributed by atoms with van der Waals surface area (Å²) in [6, 6.07) is 31.3. The molecule has 2 atom stereocenters. The molecule has 0 fully saturated rings. The summed E-state index contributed by atoms with van der Waals surface area (Å²) in [6.07, 6.45) is 1.03. The molecule has 2 unspecified atom stereocenters. The zero-order chi connectivity index (χ0) is 32.7. The maximum atomic E-state index is 14.5. The second-order valence-corrected chi connectivity index (χ2v) is 12.0. The third-order valence-corrected chi connectivity index (χ3v) is 9.01. The highest BCUT2D eigenvalue weighted by molar-refractivity contribution is 6.16. The van der Waals surface area contributed by atoms with Crippen molar-refractivity contribution in [1.82, 2.24) is 9.47 Å². The molecule has 0 aliphatic carbocycles. The van der Waals surface area contributed by atoms with E-state index in [0.717, 1.165) is 27.4 Å². The summed E-state index contributed by atoms with van der Waals surface area (Å²) in [5.74, 6) is 0.0274. The number of carbonyl (C=O) groups excluding carboxylic acids is 2. The molecule has 0 saturated carbocycles. The fraction of sp³-hybridized carbons (Fsp3) is 0.333. The van der Waals surface area contributed by atoms with Gasteiger partial charge in [0, 0.05) is 52.7 Å². The van der Waals surface area contributed by atoms with Gasteiger partial charge in [0.05, 0.1) is 38.0 Å². The number of nitrogens with zero attached hydrogens (tertiary/aromatic N) is 2. The van der Waals surface area contributed by atoms with Gasteiger partial charge >= 0.3 is 0 Å². The molecule has 0 aliphatic rings. The van der Waals surface area contributed by atoms with Crippen molar-refractivity contribution in [3.63, 3.8) is 0 Å². The molecule has 0 aliphatic heterocycles. The number of likely N-dealkylation sites (N-methyl/N-ethyl adjacent to an activating group) is 1. The largest absolute Gasteiger partial charge is 0.382 e. The molecule has 5 aromatic rings. The van der Waals surface area contributed by atoms with Crippen molar-refractivity contribution in [2.24, 2.45) is 0 Å². The van der Waals surface area contributed by atoms with Gasteiger partial charge < -0.3 is 18.8 Å². The molecule has 0 radical (unpaired) electrons. The number of fused-ring (bicyclic) bond motifs is 3. The highest BCUT2D eigenvalue weighted by Crippen LogP contribution is 2.34. The molecule has 4 aromatic carbocycles. The third-order valence-electron chi connectivity index (χ3n) is 9.01. The molecule has 1 heterocycles. The van der Waals surface area contributed by atoms with Gasteiger partial charge in [0.15, 0.2) is 11.6 Å². The minimum absolute atomic E-state index is 0.0451. The number of ketones is 2. The number of Topliss-reactive ketones (excluding diaryl/α,β-unsaturated/α-hetero) is 1. The summed E-state index contributed by atoms with van der Waals surface area (Å²) in [4.78, 5) is 30.1. The quantitative estimate of drug-likeness (QED) is 0.0889. The minimum Gasteiger partial charge on any atom is -0.382 e. The number of carbonyl (C=O) groups is 2. The smallest absolute Gasteiger partial charge is 0.193 e. The maximum Gasteiger partial charge on any atom is 0.193 e. The SMILES string of the molecule is CCC(Cc1ccccc1)(C(=O)c1ccc2c(c1)c1cc(C(=O)c3ccccc3)ccc1n2CC(COC)OCCOC)N(C)C. The molecule has 5 rings (SSSR count). The van der Waals surface area contributed by atoms with Crippen LogP contribution < -0.4 is 0 Å². The molecule has 0 saturated heterocycles. The molecule has 0 bridgehead atoms. The van der Waals surface area contributed by atoms with Crippen LogP contribution in [0.3, 0.4) is 0 Å². The van der Waals surface area contributed by atoms with Crippen LogP contribution in [0.15, 0.2) is 97.1 Å². The molecule has 0 amide bonds. The van der Waals surface area contributed by atoms with Gasteiger partial charge in [-0.3, -0.25) is 14.5 Å². The zero-order valence-corrected chi connectivity index (χ0v) is 27.5. The Kier molecular flexibility index (Phi) is 10.8. The number of aromatic nitrogens is 1. The average Bonchev–Trinajstić information content (AvgIpc) is 3.39. The number of hydrogen-bond acceptors (Lipinski definition) is 6. The monoisotopic (exact) mass is 620 g/mol. The topological polar surface area (TPSA) is 70.0 Å². The molecule has 240 valence electrons. The van der Waals surface area contributed by atoms with Crippen LogP contribution in [0, 0.1) is 0 Å². The first-order chi connectivity index (χ1) is 22.3. The summed E-state index contributed by atoms with van der Waals surface area (Å²) in [6.45, 7) is 3.94. The van der Waals surface area contributed by atoms with E-state index in [1.807, 2.05) is 99.0 Å². The second kappa shape index (κ2) is 15.0. The molecule has 46 heavy (non-hydrogen) atoms. The van der Waals surface area contributed by atoms with Crippen molar-refractivity contribution in [3.8, 4) is 0 Å². The molecule has 7 heteroatoms. The van der Waals surface area contributed by atoms with E-state index in [-0.39, 0.29) is 17.7 Å². The van der Waals surface area contributed by atoms with E-state index < -0.39 is 5.54 Å². The van der Waals surface area contributed by atoms with Crippen molar-refractivity contribution in [3.05, 3.63) is 119 Å². The Balaban J connectivity index is 1.64. The molecule has 0 N–H and O–H groups in total. The van der Waals surface area contributed by atoms with E-state index in [0.29, 0.717) is 55.9 Å². The van der Waals surface area contributed by atoms with Crippen LogP contribution in [0.4, 0.5) is 0 Å². The first kappa shape index (κ1) is 33.2. The van der Waals surface area contributed by atoms with Crippen molar-refractivity contribution in [2.45, 2.75) is 38.0 Å². The van der Waals surface area contributed by atoms with Crippen molar-refractivity contribution in [2.75, 3.05) is 48.1 Å². The van der Waals surface area contributed by atoms with Gasteiger partial charge in [-0.25, -0.2) is 0 Å². The van der Waals surface area contributed by atoms with E-state index in [4.69, 9.17) is 14.2 Å². The van der Waals surface area contributed by atoms with Crippen LogP contribution in [0.5, 0.6) is 0 Å². The van der Waals surface area contributed by atoms with Crippen LogP contribution in [0.2, 0.25) is 0 Å². The Morgan fingerprint density at radius 2 is 1.37 bits per heavy atom. The Labute approximate surface area is 271 Å². The number of hydrogen-bond donors (Lipinski definition) is 0. The zero-order valence-electron chi connectivity index (χ0n) is 27.5. The Morgan fingerprint density at radius 3 is 1.96 bits per heavy atom. The highest BCUT2D eigenvalue weighted by Gasteiger charge is 2.39. The lowest BCUT2D eigenvalue weighted by molar-refractivity contribution is -0.0281. The summed E-state index contributed by atoms with van der Waals surface area (Å²) in [5, 5.41) is 1.83. The fourth-order valence-electron chi connectivity index (χ4n) is 6.43. The first-order valence-corrected chi connectivity index (χ1v) is 15.8. The van der Waals surface area contributed by atoms with Crippen molar-refractivity contribution >= 4 is 33.4 Å². The fourth-order valence-corrected chi connectivity index (χ4v) is 6.43. The first-order valence-electron chi connectivity index (χ1n) is 15.8. The van der Waals surface area contributed by atoms with E-state index in [2.05, 4.69) is 28.5 Å². The number of methoxy groups -OCH3 is 2. The van der Waals surface area contributed by atoms with E-state index >= 15 is 0 Å². The maximum absolute atomic E-state index is 14.5. The lowest BCUT2D eigenvalue weighted by Gasteiger charge is -2.38. The second-order valence-electron chi connectivity index (χ2n) is 12.0. The normalized spacial score (nSPS) is 13.7. The average molecular weight is 621 g/mol. The van der Waals surface area contributed by atoms with E-state index in [1.165, 1.54) is 0 Å². The van der Waals surface area contributed by atoms with Crippen LogP contribution in [0.25, 0.3) is 21.8 Å². The third kappa shape index (κ3) is 6.83. The van der Waals surface area contributed by atoms with Crippen molar-refractivity contribution in [1.29, 1.82) is 0 Å². The Hall–Kier alpha value is -4.14. The summed E-state index contributed by atoms with van der Waals surface area (Å²) >= 11 is 0. The van der Waals surface area contributed by atoms with Crippen LogP contribution >= 0.6 is 0 Å². The summed E-state index contributed by atoms with van der Waals surface area (Å²) in [7, 11) is 7.28. The lowest BCUT2D eigenvalue weighted by Crippen LogP contribution is -2.52. The summed E-state index contributed by atoms with van der Waals surface area (Å²) < 4.78 is 19.0. The lowest BCUT2D eigenvalue weighted by atomic mass is 9.80. The Morgan fingerprint density at radius 1 is 0.761 bits per heavy atom. The molecular weight excluding hydrogens is 576 g/mol. The van der Waals surface area contributed by atoms with Crippen molar-refractivity contribution < 1.29 is 23.8 Å². The van der Waals surface area contributed by atoms with Crippen LogP contribution in [-0.2, 0) is 27.2 Å². The number of benzene rings is 4. The van der Waals surface area contributed by atoms with Gasteiger partial charge in [-0.15, -0.1) is 0 Å².